The highest BCUT2D eigenvalue weighted by atomic mass is 16.5. The summed E-state index contributed by atoms with van der Waals surface area (Å²) >= 11 is 0. The Hall–Kier alpha value is -1.28. The zero-order valence-corrected chi connectivity index (χ0v) is 9.37. The number of hydrogen-bond acceptors (Lipinski definition) is 7. The summed E-state index contributed by atoms with van der Waals surface area (Å²) in [7, 11) is 0. The maximum Gasteiger partial charge on any atom is 0.333 e. The fourth-order valence-electron chi connectivity index (χ4n) is 0.854. The largest absolute Gasteiger partial charge is 0.454 e. The topological polar surface area (TPSA) is 124 Å². The van der Waals surface area contributed by atoms with Gasteiger partial charge in [-0.3, -0.25) is 4.79 Å². The number of aliphatic hydroxyl groups is 4. The molecular formula is C10H16O7. The summed E-state index contributed by atoms with van der Waals surface area (Å²) in [4.78, 5) is 22.1. The summed E-state index contributed by atoms with van der Waals surface area (Å²) in [5.41, 5.74) is 0.0863. The van der Waals surface area contributed by atoms with Crippen molar-refractivity contribution in [3.63, 3.8) is 0 Å². The number of esters is 1. The Balaban J connectivity index is 4.23. The second kappa shape index (κ2) is 7.13. The average Bonchev–Trinajstić information content (AvgIpc) is 2.32. The van der Waals surface area contributed by atoms with Gasteiger partial charge in [0.05, 0.1) is 6.61 Å². The summed E-state index contributed by atoms with van der Waals surface area (Å²) in [6, 6.07) is 0. The second-order valence-corrected chi connectivity index (χ2v) is 3.51. The number of rotatable bonds is 7. The molecule has 0 aromatic rings. The third-order valence-electron chi connectivity index (χ3n) is 1.93. The molecule has 0 saturated carbocycles. The number of ketones is 1. The van der Waals surface area contributed by atoms with Crippen molar-refractivity contribution in [3.8, 4) is 0 Å². The lowest BCUT2D eigenvalue weighted by Gasteiger charge is -2.20. The van der Waals surface area contributed by atoms with Crippen LogP contribution in [0.1, 0.15) is 6.92 Å². The molecule has 0 heterocycles. The van der Waals surface area contributed by atoms with Crippen LogP contribution in [-0.2, 0) is 14.3 Å². The molecule has 0 saturated heterocycles. The van der Waals surface area contributed by atoms with Crippen LogP contribution in [-0.4, -0.2) is 63.7 Å². The van der Waals surface area contributed by atoms with Gasteiger partial charge in [-0.1, -0.05) is 6.58 Å². The average molecular weight is 248 g/mol. The molecular weight excluding hydrogens is 232 g/mol. The lowest BCUT2D eigenvalue weighted by molar-refractivity contribution is -0.152. The molecule has 7 nitrogen and oxygen atoms in total. The van der Waals surface area contributed by atoms with Crippen molar-refractivity contribution >= 4 is 11.8 Å². The molecule has 7 heteroatoms. The van der Waals surface area contributed by atoms with Gasteiger partial charge in [0, 0.05) is 5.57 Å². The summed E-state index contributed by atoms with van der Waals surface area (Å²) in [5, 5.41) is 35.9. The maximum atomic E-state index is 11.2. The van der Waals surface area contributed by atoms with E-state index in [1.165, 1.54) is 6.92 Å². The van der Waals surface area contributed by atoms with Gasteiger partial charge in [-0.05, 0) is 6.92 Å². The molecule has 0 bridgehead atoms. The van der Waals surface area contributed by atoms with Crippen molar-refractivity contribution in [1.29, 1.82) is 0 Å². The third-order valence-corrected chi connectivity index (χ3v) is 1.93. The fraction of sp³-hybridized carbons (Fsp3) is 0.600. The van der Waals surface area contributed by atoms with Crippen molar-refractivity contribution in [2.75, 3.05) is 13.2 Å². The normalized spacial score (nSPS) is 15.8. The number of aliphatic hydroxyl groups excluding tert-OH is 4. The van der Waals surface area contributed by atoms with E-state index in [1.54, 1.807) is 0 Å². The standard InChI is InChI=1S/C10H16O7/c1-5(2)10(16)17-4-7(13)9(15)8(14)6(12)3-11/h6,8-9,11-12,14-15H,1,3-4H2,2H3/t6-,8+,9-/m0/s1. The molecule has 0 aromatic heterocycles. The van der Waals surface area contributed by atoms with Crippen molar-refractivity contribution in [2.24, 2.45) is 0 Å². The van der Waals surface area contributed by atoms with E-state index in [0.29, 0.717) is 0 Å². The predicted molar refractivity (Wildman–Crippen MR) is 55.9 cm³/mol. The molecule has 98 valence electrons. The number of hydrogen-bond donors (Lipinski definition) is 4. The quantitative estimate of drug-likeness (QED) is 0.296. The van der Waals surface area contributed by atoms with Crippen LogP contribution < -0.4 is 0 Å². The molecule has 0 aliphatic rings. The van der Waals surface area contributed by atoms with E-state index in [2.05, 4.69) is 11.3 Å². The molecule has 0 radical (unpaired) electrons. The van der Waals surface area contributed by atoms with Gasteiger partial charge in [0.2, 0.25) is 5.78 Å². The maximum absolute atomic E-state index is 11.2. The van der Waals surface area contributed by atoms with Crippen LogP contribution in [0.15, 0.2) is 12.2 Å². The summed E-state index contributed by atoms with van der Waals surface area (Å²) < 4.78 is 4.45. The number of carbonyl (C=O) groups excluding carboxylic acids is 2. The highest BCUT2D eigenvalue weighted by molar-refractivity contribution is 5.91. The van der Waals surface area contributed by atoms with Crippen LogP contribution >= 0.6 is 0 Å². The predicted octanol–water partition coefficient (Wildman–Crippen LogP) is -2.25. The summed E-state index contributed by atoms with van der Waals surface area (Å²) in [6.07, 6.45) is -5.42. The van der Waals surface area contributed by atoms with E-state index in [-0.39, 0.29) is 5.57 Å². The van der Waals surface area contributed by atoms with Gasteiger partial charge in [-0.2, -0.15) is 0 Å². The Morgan fingerprint density at radius 3 is 2.24 bits per heavy atom. The molecule has 0 unspecified atom stereocenters. The van der Waals surface area contributed by atoms with E-state index in [4.69, 9.17) is 10.2 Å². The van der Waals surface area contributed by atoms with Crippen molar-refractivity contribution in [1.82, 2.24) is 0 Å². The van der Waals surface area contributed by atoms with Crippen molar-refractivity contribution < 1.29 is 34.8 Å². The number of Topliss-reactive ketones (excluding diaryl/α,β-unsaturated/α-hetero) is 1. The minimum Gasteiger partial charge on any atom is -0.454 e. The van der Waals surface area contributed by atoms with Crippen LogP contribution in [0, 0.1) is 0 Å². The Morgan fingerprint density at radius 2 is 1.82 bits per heavy atom. The monoisotopic (exact) mass is 248 g/mol. The van der Waals surface area contributed by atoms with Gasteiger partial charge in [-0.15, -0.1) is 0 Å². The van der Waals surface area contributed by atoms with Gasteiger partial charge in [0.1, 0.15) is 18.3 Å². The van der Waals surface area contributed by atoms with Crippen LogP contribution in [0.25, 0.3) is 0 Å². The Kier molecular flexibility index (Phi) is 6.59. The molecule has 0 aliphatic heterocycles. The first-order valence-corrected chi connectivity index (χ1v) is 4.81. The molecule has 0 rings (SSSR count). The van der Waals surface area contributed by atoms with Crippen LogP contribution in [0.4, 0.5) is 0 Å². The molecule has 0 amide bonds. The van der Waals surface area contributed by atoms with Gasteiger partial charge < -0.3 is 25.2 Å². The first-order chi connectivity index (χ1) is 7.81. The number of ether oxygens (including phenoxy) is 1. The van der Waals surface area contributed by atoms with Crippen LogP contribution in [0.5, 0.6) is 0 Å². The fourth-order valence-corrected chi connectivity index (χ4v) is 0.854. The van der Waals surface area contributed by atoms with Gasteiger partial charge in [0.15, 0.2) is 6.61 Å². The molecule has 0 fully saturated rings. The highest BCUT2D eigenvalue weighted by Crippen LogP contribution is 2.02. The van der Waals surface area contributed by atoms with Gasteiger partial charge in [0.25, 0.3) is 0 Å². The van der Waals surface area contributed by atoms with E-state index < -0.39 is 43.3 Å². The molecule has 3 atom stereocenters. The third kappa shape index (κ3) is 5.05. The smallest absolute Gasteiger partial charge is 0.333 e. The van der Waals surface area contributed by atoms with E-state index in [0.717, 1.165) is 0 Å². The summed E-state index contributed by atoms with van der Waals surface area (Å²) in [5.74, 6) is -1.79. The molecule has 0 aromatic carbocycles. The first kappa shape index (κ1) is 15.7. The van der Waals surface area contributed by atoms with E-state index >= 15 is 0 Å². The van der Waals surface area contributed by atoms with Crippen molar-refractivity contribution in [3.05, 3.63) is 12.2 Å². The SMILES string of the molecule is C=C(C)C(=O)OCC(=O)[C@H](O)[C@H](O)[C@@H](O)CO. The second-order valence-electron chi connectivity index (χ2n) is 3.51. The lowest BCUT2D eigenvalue weighted by atomic mass is 10.1. The number of carbonyl (C=O) groups is 2. The van der Waals surface area contributed by atoms with E-state index in [9.17, 15) is 19.8 Å². The Morgan fingerprint density at radius 1 is 1.29 bits per heavy atom. The van der Waals surface area contributed by atoms with Gasteiger partial charge >= 0.3 is 5.97 Å². The Labute approximate surface area is 97.9 Å². The first-order valence-electron chi connectivity index (χ1n) is 4.81. The molecule has 17 heavy (non-hydrogen) atoms. The van der Waals surface area contributed by atoms with Gasteiger partial charge in [-0.25, -0.2) is 4.79 Å². The molecule has 0 spiro atoms. The molecule has 0 aliphatic carbocycles. The lowest BCUT2D eigenvalue weighted by Crippen LogP contribution is -2.45. The zero-order chi connectivity index (χ0) is 13.6. The van der Waals surface area contributed by atoms with Crippen LogP contribution in [0.2, 0.25) is 0 Å². The highest BCUT2D eigenvalue weighted by Gasteiger charge is 2.30. The zero-order valence-electron chi connectivity index (χ0n) is 9.37. The van der Waals surface area contributed by atoms with Crippen molar-refractivity contribution in [2.45, 2.75) is 25.2 Å². The minimum absolute atomic E-state index is 0.0863. The van der Waals surface area contributed by atoms with Crippen LogP contribution in [0.3, 0.4) is 0 Å². The summed E-state index contributed by atoms with van der Waals surface area (Å²) in [6.45, 7) is 3.11. The minimum atomic E-state index is -1.94. The molecule has 4 N–H and O–H groups in total. The Bertz CT molecular complexity index is 299. The van der Waals surface area contributed by atoms with E-state index in [1.807, 2.05) is 0 Å².